The SMILES string of the molecule is CC(=O)c1ccc(-c2cccc(-n3cc(C4OC4N(C)C(C)C)c(=O)c4cccnc43)c2)cc1. The minimum atomic E-state index is -0.266. The third-order valence-corrected chi connectivity index (χ3v) is 6.53. The number of ketones is 1. The molecule has 1 aliphatic heterocycles. The lowest BCUT2D eigenvalue weighted by Crippen LogP contribution is -2.30. The molecule has 0 saturated carbocycles. The largest absolute Gasteiger partial charge is 0.348 e. The molecule has 1 aliphatic rings. The molecule has 1 fully saturated rings. The van der Waals surface area contributed by atoms with Crippen LogP contribution in [0.1, 0.15) is 42.8 Å². The third kappa shape index (κ3) is 3.95. The minimum Gasteiger partial charge on any atom is -0.348 e. The van der Waals surface area contributed by atoms with Gasteiger partial charge in [-0.3, -0.25) is 14.5 Å². The molecule has 1 saturated heterocycles. The van der Waals surface area contributed by atoms with E-state index >= 15 is 0 Å². The van der Waals surface area contributed by atoms with Crippen molar-refractivity contribution in [3.8, 4) is 16.8 Å². The van der Waals surface area contributed by atoms with Crippen LogP contribution in [-0.4, -0.2) is 39.6 Å². The van der Waals surface area contributed by atoms with E-state index in [1.807, 2.05) is 66.3 Å². The summed E-state index contributed by atoms with van der Waals surface area (Å²) in [7, 11) is 2.01. The number of carbonyl (C=O) groups is 1. The van der Waals surface area contributed by atoms with Crippen LogP contribution < -0.4 is 5.43 Å². The molecule has 2 aromatic carbocycles. The number of nitrogens with zero attached hydrogens (tertiary/aromatic N) is 3. The number of fused-ring (bicyclic) bond motifs is 1. The van der Waals surface area contributed by atoms with Crippen LogP contribution in [0.4, 0.5) is 0 Å². The molecule has 0 bridgehead atoms. The van der Waals surface area contributed by atoms with E-state index in [1.54, 1.807) is 19.2 Å². The predicted octanol–water partition coefficient (Wildman–Crippen LogP) is 4.99. The van der Waals surface area contributed by atoms with Crippen molar-refractivity contribution in [1.82, 2.24) is 14.5 Å². The quantitative estimate of drug-likeness (QED) is 0.304. The highest BCUT2D eigenvalue weighted by Gasteiger charge is 2.46. The van der Waals surface area contributed by atoms with Gasteiger partial charge in [0.2, 0.25) is 0 Å². The second-order valence-corrected chi connectivity index (χ2v) is 9.05. The topological polar surface area (TPSA) is 67.7 Å². The lowest BCUT2D eigenvalue weighted by molar-refractivity contribution is 0.101. The molecular weight excluding hydrogens is 426 g/mol. The third-order valence-electron chi connectivity index (χ3n) is 6.53. The Morgan fingerprint density at radius 3 is 2.53 bits per heavy atom. The average molecular weight is 454 g/mol. The Bertz CT molecular complexity index is 1440. The van der Waals surface area contributed by atoms with Crippen LogP contribution in [0.5, 0.6) is 0 Å². The Kier molecular flexibility index (Phi) is 5.63. The van der Waals surface area contributed by atoms with Gasteiger partial charge in [-0.25, -0.2) is 4.98 Å². The molecule has 3 heterocycles. The summed E-state index contributed by atoms with van der Waals surface area (Å²) in [5, 5.41) is 0.567. The Hall–Kier alpha value is -3.61. The van der Waals surface area contributed by atoms with Crippen molar-refractivity contribution in [3.63, 3.8) is 0 Å². The van der Waals surface area contributed by atoms with Crippen molar-refractivity contribution in [2.45, 2.75) is 39.1 Å². The number of likely N-dealkylation sites (N-methyl/N-ethyl adjacent to an activating group) is 1. The van der Waals surface area contributed by atoms with E-state index in [-0.39, 0.29) is 23.5 Å². The summed E-state index contributed by atoms with van der Waals surface area (Å²) < 4.78 is 7.90. The zero-order valence-electron chi connectivity index (χ0n) is 19.7. The number of carbonyl (C=O) groups excluding carboxylic acids is 1. The van der Waals surface area contributed by atoms with Crippen LogP contribution in [0, 0.1) is 0 Å². The molecule has 2 atom stereocenters. The summed E-state index contributed by atoms with van der Waals surface area (Å²) in [6, 6.07) is 19.6. The molecule has 0 spiro atoms. The van der Waals surface area contributed by atoms with Crippen LogP contribution in [0.15, 0.2) is 77.9 Å². The minimum absolute atomic E-state index is 0.0417. The average Bonchev–Trinajstić information content (AvgIpc) is 3.64. The summed E-state index contributed by atoms with van der Waals surface area (Å²) in [5.74, 6) is 0.0438. The maximum Gasteiger partial charge on any atom is 0.197 e. The number of aromatic nitrogens is 2. The van der Waals surface area contributed by atoms with E-state index in [9.17, 15) is 9.59 Å². The highest BCUT2D eigenvalue weighted by molar-refractivity contribution is 5.94. The number of hydrogen-bond donors (Lipinski definition) is 0. The molecule has 4 aromatic rings. The standard InChI is InChI=1S/C28H27N3O3/c1-17(2)30(4)28-26(34-28)24-16-31(27-23(25(24)33)9-6-14-29-27)22-8-5-7-21(15-22)20-12-10-19(11-13-20)18(3)32/h5-17,26,28H,1-4H3. The fourth-order valence-corrected chi connectivity index (χ4v) is 4.25. The van der Waals surface area contributed by atoms with Crippen molar-refractivity contribution in [2.75, 3.05) is 7.05 Å². The zero-order valence-corrected chi connectivity index (χ0v) is 19.7. The first-order valence-corrected chi connectivity index (χ1v) is 11.4. The number of epoxide rings is 1. The van der Waals surface area contributed by atoms with Gasteiger partial charge in [-0.1, -0.05) is 36.4 Å². The number of ether oxygens (including phenoxy) is 1. The van der Waals surface area contributed by atoms with E-state index < -0.39 is 0 Å². The van der Waals surface area contributed by atoms with Crippen molar-refractivity contribution in [3.05, 3.63) is 94.4 Å². The van der Waals surface area contributed by atoms with E-state index in [4.69, 9.17) is 4.74 Å². The van der Waals surface area contributed by atoms with Gasteiger partial charge in [-0.2, -0.15) is 0 Å². The van der Waals surface area contributed by atoms with Gasteiger partial charge in [0.05, 0.1) is 5.39 Å². The molecule has 2 aromatic heterocycles. The lowest BCUT2D eigenvalue weighted by Gasteiger charge is -2.18. The Labute approximate surface area is 198 Å². The van der Waals surface area contributed by atoms with Gasteiger partial charge in [0, 0.05) is 35.2 Å². The van der Waals surface area contributed by atoms with E-state index in [1.165, 1.54) is 0 Å². The van der Waals surface area contributed by atoms with Gasteiger partial charge in [0.25, 0.3) is 0 Å². The first kappa shape index (κ1) is 22.2. The van der Waals surface area contributed by atoms with Gasteiger partial charge in [0.15, 0.2) is 11.2 Å². The van der Waals surface area contributed by atoms with Crippen LogP contribution >= 0.6 is 0 Å². The van der Waals surface area contributed by atoms with E-state index in [0.717, 1.165) is 16.8 Å². The molecule has 6 nitrogen and oxygen atoms in total. The maximum atomic E-state index is 13.3. The normalized spacial score (nSPS) is 17.5. The molecule has 34 heavy (non-hydrogen) atoms. The number of Topliss-reactive ketones (excluding diaryl/α,β-unsaturated/α-hetero) is 1. The van der Waals surface area contributed by atoms with Gasteiger partial charge in [-0.05, 0) is 63.2 Å². The molecule has 6 heteroatoms. The van der Waals surface area contributed by atoms with Gasteiger partial charge in [-0.15, -0.1) is 0 Å². The summed E-state index contributed by atoms with van der Waals surface area (Å²) in [6.07, 6.45) is 3.19. The summed E-state index contributed by atoms with van der Waals surface area (Å²) in [4.78, 5) is 31.6. The highest BCUT2D eigenvalue weighted by atomic mass is 16.6. The van der Waals surface area contributed by atoms with Crippen LogP contribution in [0.2, 0.25) is 0 Å². The van der Waals surface area contributed by atoms with Gasteiger partial charge < -0.3 is 9.30 Å². The fraction of sp³-hybridized carbons (Fsp3) is 0.250. The summed E-state index contributed by atoms with van der Waals surface area (Å²) in [6.45, 7) is 5.78. The highest BCUT2D eigenvalue weighted by Crippen LogP contribution is 2.40. The number of pyridine rings is 2. The van der Waals surface area contributed by atoms with Crippen molar-refractivity contribution in [1.29, 1.82) is 0 Å². The Morgan fingerprint density at radius 1 is 1.06 bits per heavy atom. The fourth-order valence-electron chi connectivity index (χ4n) is 4.25. The second-order valence-electron chi connectivity index (χ2n) is 9.05. The van der Waals surface area contributed by atoms with Gasteiger partial charge in [0.1, 0.15) is 18.0 Å². The molecule has 2 unspecified atom stereocenters. The van der Waals surface area contributed by atoms with Crippen LogP contribution in [0.25, 0.3) is 27.8 Å². The molecule has 0 N–H and O–H groups in total. The molecule has 172 valence electrons. The van der Waals surface area contributed by atoms with Crippen LogP contribution in [0.3, 0.4) is 0 Å². The molecular formula is C28H27N3O3. The summed E-state index contributed by atoms with van der Waals surface area (Å²) in [5.41, 5.74) is 4.80. The van der Waals surface area contributed by atoms with Crippen LogP contribution in [-0.2, 0) is 4.74 Å². The van der Waals surface area contributed by atoms with E-state index in [2.05, 4.69) is 29.8 Å². The Morgan fingerprint density at radius 2 is 1.82 bits per heavy atom. The molecule has 0 radical (unpaired) electrons. The van der Waals surface area contributed by atoms with E-state index in [0.29, 0.717) is 28.2 Å². The number of benzene rings is 2. The van der Waals surface area contributed by atoms with Crippen molar-refractivity contribution in [2.24, 2.45) is 0 Å². The number of hydrogen-bond acceptors (Lipinski definition) is 5. The Balaban J connectivity index is 1.60. The molecule has 5 rings (SSSR count). The second kappa shape index (κ2) is 8.63. The summed E-state index contributed by atoms with van der Waals surface area (Å²) >= 11 is 0. The molecule has 0 aliphatic carbocycles. The van der Waals surface area contributed by atoms with Crippen molar-refractivity contribution < 1.29 is 9.53 Å². The monoisotopic (exact) mass is 453 g/mol. The molecule has 0 amide bonds. The van der Waals surface area contributed by atoms with Crippen molar-refractivity contribution >= 4 is 16.8 Å². The lowest BCUT2D eigenvalue weighted by atomic mass is 10.0. The first-order chi connectivity index (χ1) is 16.3. The first-order valence-electron chi connectivity index (χ1n) is 11.4. The maximum absolute atomic E-state index is 13.3. The predicted molar refractivity (Wildman–Crippen MR) is 133 cm³/mol. The smallest absolute Gasteiger partial charge is 0.197 e. The zero-order chi connectivity index (χ0) is 24.0. The van der Waals surface area contributed by atoms with Gasteiger partial charge >= 0.3 is 0 Å². The number of rotatable bonds is 6.